The van der Waals surface area contributed by atoms with Crippen LogP contribution in [0.5, 0.6) is 0 Å². The highest BCUT2D eigenvalue weighted by molar-refractivity contribution is 9.10. The number of rotatable bonds is 3. The molecule has 0 saturated carbocycles. The van der Waals surface area contributed by atoms with Gasteiger partial charge >= 0.3 is 0 Å². The molecule has 98 valence electrons. The molecule has 1 aliphatic heterocycles. The smallest absolute Gasteiger partial charge is 0.224 e. The molecule has 0 bridgehead atoms. The van der Waals surface area contributed by atoms with E-state index in [1.807, 2.05) is 25.1 Å². The summed E-state index contributed by atoms with van der Waals surface area (Å²) in [5.41, 5.74) is 2.01. The molecule has 1 aromatic rings. The lowest BCUT2D eigenvalue weighted by atomic mass is 9.96. The van der Waals surface area contributed by atoms with Crippen LogP contribution in [0.2, 0.25) is 0 Å². The SMILES string of the molecule is Cc1cc(Br)cc(NC(=O)CC2CCCNC2)c1. The Labute approximate surface area is 116 Å². The van der Waals surface area contributed by atoms with Gasteiger partial charge in [0.2, 0.25) is 5.91 Å². The number of hydrogen-bond acceptors (Lipinski definition) is 2. The molecule has 1 saturated heterocycles. The summed E-state index contributed by atoms with van der Waals surface area (Å²) in [6, 6.07) is 5.95. The molecule has 2 rings (SSSR count). The molecule has 0 radical (unpaired) electrons. The van der Waals surface area contributed by atoms with Crippen LogP contribution < -0.4 is 10.6 Å². The van der Waals surface area contributed by atoms with E-state index >= 15 is 0 Å². The molecule has 2 N–H and O–H groups in total. The molecule has 3 nitrogen and oxygen atoms in total. The summed E-state index contributed by atoms with van der Waals surface area (Å²) >= 11 is 3.44. The van der Waals surface area contributed by atoms with Gasteiger partial charge in [-0.2, -0.15) is 0 Å². The molecule has 1 fully saturated rings. The number of amides is 1. The van der Waals surface area contributed by atoms with Gasteiger partial charge in [0.25, 0.3) is 0 Å². The van der Waals surface area contributed by atoms with Gasteiger partial charge in [-0.05, 0) is 62.5 Å². The van der Waals surface area contributed by atoms with Gasteiger partial charge in [0.15, 0.2) is 0 Å². The molecule has 0 spiro atoms. The normalized spacial score (nSPS) is 19.6. The van der Waals surface area contributed by atoms with Crippen molar-refractivity contribution in [3.05, 3.63) is 28.2 Å². The van der Waals surface area contributed by atoms with Crippen LogP contribution in [0.1, 0.15) is 24.8 Å². The summed E-state index contributed by atoms with van der Waals surface area (Å²) < 4.78 is 0.997. The van der Waals surface area contributed by atoms with E-state index in [1.54, 1.807) is 0 Å². The summed E-state index contributed by atoms with van der Waals surface area (Å²) in [5, 5.41) is 6.31. The van der Waals surface area contributed by atoms with E-state index in [1.165, 1.54) is 6.42 Å². The largest absolute Gasteiger partial charge is 0.326 e. The Balaban J connectivity index is 1.89. The van der Waals surface area contributed by atoms with Crippen molar-refractivity contribution >= 4 is 27.5 Å². The summed E-state index contributed by atoms with van der Waals surface area (Å²) in [4.78, 5) is 11.9. The topological polar surface area (TPSA) is 41.1 Å². The highest BCUT2D eigenvalue weighted by Gasteiger charge is 2.16. The van der Waals surface area contributed by atoms with E-state index in [-0.39, 0.29) is 5.91 Å². The first-order valence-electron chi connectivity index (χ1n) is 6.41. The Bertz CT molecular complexity index is 408. The third kappa shape index (κ3) is 4.10. The van der Waals surface area contributed by atoms with Crippen molar-refractivity contribution in [2.75, 3.05) is 18.4 Å². The first-order valence-corrected chi connectivity index (χ1v) is 7.20. The summed E-state index contributed by atoms with van der Waals surface area (Å²) in [6.07, 6.45) is 2.93. The van der Waals surface area contributed by atoms with Crippen LogP contribution in [0.4, 0.5) is 5.69 Å². The van der Waals surface area contributed by atoms with Crippen molar-refractivity contribution in [3.63, 3.8) is 0 Å². The van der Waals surface area contributed by atoms with E-state index in [9.17, 15) is 4.79 Å². The van der Waals surface area contributed by atoms with Crippen molar-refractivity contribution in [1.82, 2.24) is 5.32 Å². The van der Waals surface area contributed by atoms with Crippen molar-refractivity contribution in [2.24, 2.45) is 5.92 Å². The second kappa shape index (κ2) is 6.34. The molecular weight excluding hydrogens is 292 g/mol. The number of carbonyl (C=O) groups excluding carboxylic acids is 1. The zero-order valence-corrected chi connectivity index (χ0v) is 12.2. The minimum absolute atomic E-state index is 0.112. The number of carbonyl (C=O) groups is 1. The van der Waals surface area contributed by atoms with Gasteiger partial charge in [-0.1, -0.05) is 15.9 Å². The maximum absolute atomic E-state index is 11.9. The molecule has 0 aromatic heterocycles. The molecule has 1 amide bonds. The van der Waals surface area contributed by atoms with Crippen molar-refractivity contribution in [3.8, 4) is 0 Å². The zero-order chi connectivity index (χ0) is 13.0. The number of nitrogens with one attached hydrogen (secondary N) is 2. The van der Waals surface area contributed by atoms with Crippen LogP contribution in [0.15, 0.2) is 22.7 Å². The van der Waals surface area contributed by atoms with E-state index in [2.05, 4.69) is 26.6 Å². The summed E-state index contributed by atoms with van der Waals surface area (Å²) in [5.74, 6) is 0.591. The van der Waals surface area contributed by atoms with Gasteiger partial charge in [0.1, 0.15) is 0 Å². The van der Waals surface area contributed by atoms with Gasteiger partial charge in [-0.3, -0.25) is 4.79 Å². The Morgan fingerprint density at radius 3 is 3.00 bits per heavy atom. The molecule has 4 heteroatoms. The van der Waals surface area contributed by atoms with Crippen molar-refractivity contribution in [2.45, 2.75) is 26.2 Å². The standard InChI is InChI=1S/C14H19BrN2O/c1-10-5-12(15)8-13(6-10)17-14(18)7-11-3-2-4-16-9-11/h5-6,8,11,16H,2-4,7,9H2,1H3,(H,17,18). The number of benzene rings is 1. The zero-order valence-electron chi connectivity index (χ0n) is 10.6. The predicted octanol–water partition coefficient (Wildman–Crippen LogP) is 3.09. The lowest BCUT2D eigenvalue weighted by Crippen LogP contribution is -2.32. The number of halogens is 1. The predicted molar refractivity (Wildman–Crippen MR) is 77.7 cm³/mol. The fourth-order valence-electron chi connectivity index (χ4n) is 2.38. The first kappa shape index (κ1) is 13.6. The fourth-order valence-corrected chi connectivity index (χ4v) is 2.99. The van der Waals surface area contributed by atoms with Crippen LogP contribution in [0.25, 0.3) is 0 Å². The lowest BCUT2D eigenvalue weighted by Gasteiger charge is -2.22. The average molecular weight is 311 g/mol. The summed E-state index contributed by atoms with van der Waals surface area (Å²) in [6.45, 7) is 4.07. The molecule has 1 unspecified atom stereocenters. The van der Waals surface area contributed by atoms with E-state index in [0.717, 1.165) is 35.2 Å². The van der Waals surface area contributed by atoms with Gasteiger partial charge in [-0.15, -0.1) is 0 Å². The van der Waals surface area contributed by atoms with Crippen LogP contribution in [0.3, 0.4) is 0 Å². The van der Waals surface area contributed by atoms with Crippen LogP contribution in [0, 0.1) is 12.8 Å². The number of anilines is 1. The van der Waals surface area contributed by atoms with Gasteiger partial charge in [-0.25, -0.2) is 0 Å². The van der Waals surface area contributed by atoms with Crippen LogP contribution in [-0.4, -0.2) is 19.0 Å². The Kier molecular flexibility index (Phi) is 4.78. The van der Waals surface area contributed by atoms with Gasteiger partial charge in [0.05, 0.1) is 0 Å². The van der Waals surface area contributed by atoms with E-state index < -0.39 is 0 Å². The average Bonchev–Trinajstić information content (AvgIpc) is 2.28. The molecule has 18 heavy (non-hydrogen) atoms. The summed E-state index contributed by atoms with van der Waals surface area (Å²) in [7, 11) is 0. The quantitative estimate of drug-likeness (QED) is 0.901. The van der Waals surface area contributed by atoms with Gasteiger partial charge in [0, 0.05) is 16.6 Å². The molecule has 0 aliphatic carbocycles. The monoisotopic (exact) mass is 310 g/mol. The Hall–Kier alpha value is -0.870. The second-order valence-electron chi connectivity index (χ2n) is 4.98. The van der Waals surface area contributed by atoms with Gasteiger partial charge < -0.3 is 10.6 Å². The Morgan fingerprint density at radius 1 is 1.50 bits per heavy atom. The molecular formula is C14H19BrN2O. The van der Waals surface area contributed by atoms with Crippen molar-refractivity contribution in [1.29, 1.82) is 0 Å². The molecule has 1 aliphatic rings. The lowest BCUT2D eigenvalue weighted by molar-refractivity contribution is -0.117. The maximum atomic E-state index is 11.9. The third-order valence-corrected chi connectivity index (χ3v) is 3.66. The molecule has 1 heterocycles. The minimum Gasteiger partial charge on any atom is -0.326 e. The van der Waals surface area contributed by atoms with E-state index in [0.29, 0.717) is 12.3 Å². The van der Waals surface area contributed by atoms with E-state index in [4.69, 9.17) is 0 Å². The second-order valence-corrected chi connectivity index (χ2v) is 5.90. The van der Waals surface area contributed by atoms with Crippen LogP contribution >= 0.6 is 15.9 Å². The number of hydrogen-bond donors (Lipinski definition) is 2. The highest BCUT2D eigenvalue weighted by atomic mass is 79.9. The maximum Gasteiger partial charge on any atom is 0.224 e. The Morgan fingerprint density at radius 2 is 2.33 bits per heavy atom. The fraction of sp³-hybridized carbons (Fsp3) is 0.500. The number of piperidine rings is 1. The number of aryl methyl sites for hydroxylation is 1. The first-order chi connectivity index (χ1) is 8.63. The third-order valence-electron chi connectivity index (χ3n) is 3.20. The van der Waals surface area contributed by atoms with Crippen LogP contribution in [-0.2, 0) is 4.79 Å². The molecule has 1 atom stereocenters. The highest BCUT2D eigenvalue weighted by Crippen LogP contribution is 2.20. The minimum atomic E-state index is 0.112. The van der Waals surface area contributed by atoms with Crippen molar-refractivity contribution < 1.29 is 4.79 Å². The molecule has 1 aromatic carbocycles.